The molecule has 0 radical (unpaired) electrons. The summed E-state index contributed by atoms with van der Waals surface area (Å²) in [4.78, 5) is 11.4. The Labute approximate surface area is 80.3 Å². The SMILES string of the molecule is CCC1CNC(=O)[C@@H](CC(C)C)N1. The molecule has 0 aromatic rings. The molecule has 3 heteroatoms. The second-order valence-electron chi connectivity index (χ2n) is 4.20. The first-order valence-corrected chi connectivity index (χ1v) is 5.17. The molecular formula is C10H20N2O. The fourth-order valence-electron chi connectivity index (χ4n) is 1.67. The fraction of sp³-hybridized carbons (Fsp3) is 0.900. The smallest absolute Gasteiger partial charge is 0.237 e. The molecule has 1 aliphatic rings. The molecule has 0 bridgehead atoms. The van der Waals surface area contributed by atoms with Crippen molar-refractivity contribution in [2.45, 2.75) is 45.7 Å². The van der Waals surface area contributed by atoms with Gasteiger partial charge in [-0.25, -0.2) is 0 Å². The van der Waals surface area contributed by atoms with E-state index in [0.717, 1.165) is 19.4 Å². The van der Waals surface area contributed by atoms with Crippen LogP contribution in [-0.4, -0.2) is 24.5 Å². The maximum atomic E-state index is 11.4. The van der Waals surface area contributed by atoms with Crippen molar-refractivity contribution in [3.05, 3.63) is 0 Å². The molecule has 0 aromatic heterocycles. The number of carbonyl (C=O) groups excluding carboxylic acids is 1. The van der Waals surface area contributed by atoms with E-state index in [0.29, 0.717) is 12.0 Å². The second-order valence-corrected chi connectivity index (χ2v) is 4.20. The largest absolute Gasteiger partial charge is 0.353 e. The summed E-state index contributed by atoms with van der Waals surface area (Å²) in [6.07, 6.45) is 2.01. The van der Waals surface area contributed by atoms with E-state index in [-0.39, 0.29) is 11.9 Å². The first-order chi connectivity index (χ1) is 6.13. The van der Waals surface area contributed by atoms with Crippen LogP contribution in [0.3, 0.4) is 0 Å². The molecule has 1 fully saturated rings. The second kappa shape index (κ2) is 4.61. The summed E-state index contributed by atoms with van der Waals surface area (Å²) in [6, 6.07) is 0.486. The average molecular weight is 184 g/mol. The van der Waals surface area contributed by atoms with Crippen molar-refractivity contribution in [1.82, 2.24) is 10.6 Å². The molecule has 0 aliphatic carbocycles. The van der Waals surface area contributed by atoms with E-state index in [1.165, 1.54) is 0 Å². The van der Waals surface area contributed by atoms with Crippen LogP contribution in [0.15, 0.2) is 0 Å². The molecule has 0 aromatic carbocycles. The lowest BCUT2D eigenvalue weighted by atomic mass is 9.99. The summed E-state index contributed by atoms with van der Waals surface area (Å²) in [5.41, 5.74) is 0. The van der Waals surface area contributed by atoms with Crippen molar-refractivity contribution in [1.29, 1.82) is 0 Å². The van der Waals surface area contributed by atoms with Gasteiger partial charge in [0.1, 0.15) is 0 Å². The van der Waals surface area contributed by atoms with Gasteiger partial charge < -0.3 is 10.6 Å². The molecule has 1 saturated heterocycles. The summed E-state index contributed by atoms with van der Waals surface area (Å²) in [7, 11) is 0. The molecule has 13 heavy (non-hydrogen) atoms. The maximum absolute atomic E-state index is 11.4. The molecule has 1 heterocycles. The molecule has 0 spiro atoms. The molecule has 1 amide bonds. The Kier molecular flexibility index (Phi) is 3.72. The third kappa shape index (κ3) is 2.99. The van der Waals surface area contributed by atoms with Gasteiger partial charge in [-0.2, -0.15) is 0 Å². The number of hydrogen-bond donors (Lipinski definition) is 2. The third-order valence-electron chi connectivity index (χ3n) is 2.48. The van der Waals surface area contributed by atoms with Crippen molar-refractivity contribution < 1.29 is 4.79 Å². The van der Waals surface area contributed by atoms with Gasteiger partial charge in [0.05, 0.1) is 6.04 Å². The van der Waals surface area contributed by atoms with Gasteiger partial charge in [0.15, 0.2) is 0 Å². The highest BCUT2D eigenvalue weighted by atomic mass is 16.2. The maximum Gasteiger partial charge on any atom is 0.237 e. The normalized spacial score (nSPS) is 29.1. The van der Waals surface area contributed by atoms with Gasteiger partial charge in [0, 0.05) is 12.6 Å². The van der Waals surface area contributed by atoms with Gasteiger partial charge in [-0.05, 0) is 18.8 Å². The zero-order chi connectivity index (χ0) is 9.84. The quantitative estimate of drug-likeness (QED) is 0.684. The summed E-state index contributed by atoms with van der Waals surface area (Å²) in [5.74, 6) is 0.734. The number of nitrogens with one attached hydrogen (secondary N) is 2. The summed E-state index contributed by atoms with van der Waals surface area (Å²) in [5, 5.41) is 6.31. The Morgan fingerprint density at radius 2 is 2.23 bits per heavy atom. The van der Waals surface area contributed by atoms with Crippen LogP contribution in [0.5, 0.6) is 0 Å². The lowest BCUT2D eigenvalue weighted by molar-refractivity contribution is -0.125. The van der Waals surface area contributed by atoms with Gasteiger partial charge in [-0.15, -0.1) is 0 Å². The Balaban J connectivity index is 2.45. The van der Waals surface area contributed by atoms with E-state index in [9.17, 15) is 4.79 Å². The topological polar surface area (TPSA) is 41.1 Å². The lowest BCUT2D eigenvalue weighted by Crippen LogP contribution is -2.58. The first-order valence-electron chi connectivity index (χ1n) is 5.17. The summed E-state index contributed by atoms with van der Waals surface area (Å²) in [6.45, 7) is 7.21. The molecule has 2 atom stereocenters. The zero-order valence-corrected chi connectivity index (χ0v) is 8.76. The highest BCUT2D eigenvalue weighted by Gasteiger charge is 2.26. The van der Waals surface area contributed by atoms with Gasteiger partial charge in [0.25, 0.3) is 0 Å². The van der Waals surface area contributed by atoms with E-state index in [1.54, 1.807) is 0 Å². The van der Waals surface area contributed by atoms with Crippen molar-refractivity contribution >= 4 is 5.91 Å². The minimum Gasteiger partial charge on any atom is -0.353 e. The van der Waals surface area contributed by atoms with E-state index in [2.05, 4.69) is 31.4 Å². The Morgan fingerprint density at radius 1 is 1.54 bits per heavy atom. The van der Waals surface area contributed by atoms with Crippen molar-refractivity contribution in [3.63, 3.8) is 0 Å². The average Bonchev–Trinajstić information content (AvgIpc) is 2.08. The Bertz CT molecular complexity index is 180. The van der Waals surface area contributed by atoms with Gasteiger partial charge in [-0.3, -0.25) is 4.79 Å². The van der Waals surface area contributed by atoms with E-state index in [1.807, 2.05) is 0 Å². The van der Waals surface area contributed by atoms with Crippen LogP contribution in [0.2, 0.25) is 0 Å². The molecular weight excluding hydrogens is 164 g/mol. The minimum atomic E-state index is 0.0266. The van der Waals surface area contributed by atoms with Crippen LogP contribution in [0.25, 0.3) is 0 Å². The predicted molar refractivity (Wildman–Crippen MR) is 53.5 cm³/mol. The molecule has 2 N–H and O–H groups in total. The Hall–Kier alpha value is -0.570. The van der Waals surface area contributed by atoms with Gasteiger partial charge >= 0.3 is 0 Å². The number of amides is 1. The Morgan fingerprint density at radius 3 is 2.77 bits per heavy atom. The van der Waals surface area contributed by atoms with E-state index in [4.69, 9.17) is 0 Å². The minimum absolute atomic E-state index is 0.0266. The molecule has 1 aliphatic heterocycles. The number of piperazine rings is 1. The third-order valence-corrected chi connectivity index (χ3v) is 2.48. The first kappa shape index (κ1) is 10.5. The van der Waals surface area contributed by atoms with Gasteiger partial charge in [0.2, 0.25) is 5.91 Å². The van der Waals surface area contributed by atoms with Crippen molar-refractivity contribution in [2.75, 3.05) is 6.54 Å². The van der Waals surface area contributed by atoms with Crippen LogP contribution in [0.1, 0.15) is 33.6 Å². The monoisotopic (exact) mass is 184 g/mol. The summed E-state index contributed by atoms with van der Waals surface area (Å²) < 4.78 is 0. The fourth-order valence-corrected chi connectivity index (χ4v) is 1.67. The van der Waals surface area contributed by atoms with Crippen LogP contribution in [0.4, 0.5) is 0 Å². The van der Waals surface area contributed by atoms with Crippen molar-refractivity contribution in [3.8, 4) is 0 Å². The van der Waals surface area contributed by atoms with Crippen LogP contribution < -0.4 is 10.6 Å². The molecule has 76 valence electrons. The highest BCUT2D eigenvalue weighted by molar-refractivity contribution is 5.82. The molecule has 1 unspecified atom stereocenters. The zero-order valence-electron chi connectivity index (χ0n) is 8.76. The van der Waals surface area contributed by atoms with Crippen molar-refractivity contribution in [2.24, 2.45) is 5.92 Å². The van der Waals surface area contributed by atoms with Crippen LogP contribution in [0, 0.1) is 5.92 Å². The highest BCUT2D eigenvalue weighted by Crippen LogP contribution is 2.09. The van der Waals surface area contributed by atoms with Crippen LogP contribution in [-0.2, 0) is 4.79 Å². The lowest BCUT2D eigenvalue weighted by Gasteiger charge is -2.31. The molecule has 1 rings (SSSR count). The molecule has 0 saturated carbocycles. The number of hydrogen-bond acceptors (Lipinski definition) is 2. The summed E-state index contributed by atoms with van der Waals surface area (Å²) >= 11 is 0. The van der Waals surface area contributed by atoms with E-state index < -0.39 is 0 Å². The van der Waals surface area contributed by atoms with Gasteiger partial charge in [-0.1, -0.05) is 20.8 Å². The van der Waals surface area contributed by atoms with Crippen LogP contribution >= 0.6 is 0 Å². The predicted octanol–water partition coefficient (Wildman–Crippen LogP) is 0.899. The number of rotatable bonds is 3. The molecule has 3 nitrogen and oxygen atoms in total. The number of carbonyl (C=O) groups is 1. The standard InChI is InChI=1S/C10H20N2O/c1-4-8-6-11-10(13)9(12-8)5-7(2)3/h7-9,12H,4-6H2,1-3H3,(H,11,13)/t8?,9-/m1/s1. The van der Waals surface area contributed by atoms with E-state index >= 15 is 0 Å².